The Morgan fingerprint density at radius 3 is 2.42 bits per heavy atom. The number of thioether (sulfide) groups is 1. The molecule has 1 aliphatic heterocycles. The van der Waals surface area contributed by atoms with Crippen LogP contribution in [0.2, 0.25) is 0 Å². The number of nitrogens with zero attached hydrogens (tertiary/aromatic N) is 1. The van der Waals surface area contributed by atoms with Crippen LogP contribution in [0.1, 0.15) is 43.0 Å². The van der Waals surface area contributed by atoms with E-state index in [-0.39, 0.29) is 23.1 Å². The van der Waals surface area contributed by atoms with E-state index in [0.29, 0.717) is 35.7 Å². The lowest BCUT2D eigenvalue weighted by Gasteiger charge is -2.23. The Hall–Kier alpha value is -4.30. The van der Waals surface area contributed by atoms with Crippen LogP contribution in [0.25, 0.3) is 0 Å². The number of carbonyl (C=O) groups is 3. The first-order valence-corrected chi connectivity index (χ1v) is 13.4. The standard InChI is InChI=1S/C30H27N3O4S/c34-27-20-38-30(33(27)19-24-9-6-18-37-24)23-14-12-22(13-15-23)28(35)32-26-11-5-4-10-25(26)29(36)31-17-16-21-7-2-1-3-8-21/h1-15,18,30H,16-17,19-20H2,(H,31,36)(H,32,35)/t30-/m1/s1. The van der Waals surface area contributed by atoms with Crippen LogP contribution in [0.3, 0.4) is 0 Å². The molecule has 1 atom stereocenters. The van der Waals surface area contributed by atoms with Crippen molar-refractivity contribution in [3.05, 3.63) is 125 Å². The molecule has 192 valence electrons. The molecule has 0 saturated carbocycles. The highest BCUT2D eigenvalue weighted by Gasteiger charge is 2.33. The van der Waals surface area contributed by atoms with Gasteiger partial charge in [0, 0.05) is 12.1 Å². The molecule has 1 saturated heterocycles. The Bertz CT molecular complexity index is 1410. The van der Waals surface area contributed by atoms with Crippen molar-refractivity contribution in [3.63, 3.8) is 0 Å². The summed E-state index contributed by atoms with van der Waals surface area (Å²) >= 11 is 1.55. The fourth-order valence-electron chi connectivity index (χ4n) is 4.32. The van der Waals surface area contributed by atoms with Crippen molar-refractivity contribution in [3.8, 4) is 0 Å². The molecule has 1 fully saturated rings. The Labute approximate surface area is 225 Å². The van der Waals surface area contributed by atoms with Gasteiger partial charge in [-0.2, -0.15) is 0 Å². The zero-order valence-corrected chi connectivity index (χ0v) is 21.4. The van der Waals surface area contributed by atoms with Gasteiger partial charge < -0.3 is 20.0 Å². The van der Waals surface area contributed by atoms with E-state index in [2.05, 4.69) is 10.6 Å². The molecule has 5 rings (SSSR count). The van der Waals surface area contributed by atoms with E-state index >= 15 is 0 Å². The van der Waals surface area contributed by atoms with Crippen molar-refractivity contribution >= 4 is 35.2 Å². The van der Waals surface area contributed by atoms with Crippen molar-refractivity contribution in [1.29, 1.82) is 0 Å². The van der Waals surface area contributed by atoms with Crippen molar-refractivity contribution in [1.82, 2.24) is 10.2 Å². The van der Waals surface area contributed by atoms with Crippen LogP contribution in [0, 0.1) is 0 Å². The van der Waals surface area contributed by atoms with Crippen LogP contribution in [-0.2, 0) is 17.8 Å². The third-order valence-electron chi connectivity index (χ3n) is 6.29. The SMILES string of the molecule is O=C(Nc1ccccc1C(=O)NCCc1ccccc1)c1ccc([C@H]2SCC(=O)N2Cc2ccco2)cc1. The zero-order valence-electron chi connectivity index (χ0n) is 20.6. The molecule has 38 heavy (non-hydrogen) atoms. The smallest absolute Gasteiger partial charge is 0.255 e. The molecule has 1 aliphatic rings. The molecule has 2 N–H and O–H groups in total. The van der Waals surface area contributed by atoms with Gasteiger partial charge in [0.1, 0.15) is 11.1 Å². The van der Waals surface area contributed by atoms with Gasteiger partial charge in [0.15, 0.2) is 0 Å². The summed E-state index contributed by atoms with van der Waals surface area (Å²) in [5.41, 5.74) is 3.38. The van der Waals surface area contributed by atoms with Gasteiger partial charge >= 0.3 is 0 Å². The molecule has 7 nitrogen and oxygen atoms in total. The van der Waals surface area contributed by atoms with Crippen molar-refractivity contribution in [2.24, 2.45) is 0 Å². The molecular weight excluding hydrogens is 498 g/mol. The molecule has 0 bridgehead atoms. The first-order chi connectivity index (χ1) is 18.6. The molecule has 0 unspecified atom stereocenters. The number of furan rings is 1. The van der Waals surface area contributed by atoms with Gasteiger partial charge in [-0.05, 0) is 53.9 Å². The van der Waals surface area contributed by atoms with Gasteiger partial charge in [0.2, 0.25) is 5.91 Å². The minimum absolute atomic E-state index is 0.0527. The van der Waals surface area contributed by atoms with Crippen molar-refractivity contribution in [2.45, 2.75) is 18.3 Å². The molecule has 0 radical (unpaired) electrons. The largest absolute Gasteiger partial charge is 0.467 e. The normalized spacial score (nSPS) is 14.9. The molecule has 4 aromatic rings. The second kappa shape index (κ2) is 11.8. The average molecular weight is 526 g/mol. The Morgan fingerprint density at radius 1 is 0.895 bits per heavy atom. The van der Waals surface area contributed by atoms with Gasteiger partial charge in [0.25, 0.3) is 11.8 Å². The van der Waals surface area contributed by atoms with Crippen LogP contribution >= 0.6 is 11.8 Å². The monoisotopic (exact) mass is 525 g/mol. The van der Waals surface area contributed by atoms with Gasteiger partial charge in [-0.1, -0.05) is 54.6 Å². The summed E-state index contributed by atoms with van der Waals surface area (Å²) in [6.07, 6.45) is 2.31. The number of para-hydroxylation sites is 1. The highest BCUT2D eigenvalue weighted by atomic mass is 32.2. The predicted molar refractivity (Wildman–Crippen MR) is 148 cm³/mol. The van der Waals surface area contributed by atoms with Crippen molar-refractivity contribution < 1.29 is 18.8 Å². The maximum absolute atomic E-state index is 13.0. The van der Waals surface area contributed by atoms with Crippen LogP contribution in [-0.4, -0.2) is 34.9 Å². The van der Waals surface area contributed by atoms with Gasteiger partial charge in [-0.15, -0.1) is 11.8 Å². The number of rotatable bonds is 9. The highest BCUT2D eigenvalue weighted by molar-refractivity contribution is 8.00. The van der Waals surface area contributed by atoms with E-state index in [1.54, 1.807) is 65.4 Å². The Balaban J connectivity index is 1.22. The molecule has 3 aromatic carbocycles. The summed E-state index contributed by atoms with van der Waals surface area (Å²) in [5, 5.41) is 5.65. The van der Waals surface area contributed by atoms with Gasteiger partial charge in [-0.25, -0.2) is 0 Å². The number of hydrogen-bond donors (Lipinski definition) is 2. The first kappa shape index (κ1) is 25.4. The summed E-state index contributed by atoms with van der Waals surface area (Å²) in [6, 6.07) is 27.7. The Morgan fingerprint density at radius 2 is 1.66 bits per heavy atom. The molecule has 3 amide bonds. The number of hydrogen-bond acceptors (Lipinski definition) is 5. The highest BCUT2D eigenvalue weighted by Crippen LogP contribution is 2.39. The Kier molecular flexibility index (Phi) is 7.89. The molecule has 2 heterocycles. The second-order valence-corrected chi connectivity index (χ2v) is 9.95. The van der Waals surface area contributed by atoms with Gasteiger partial charge in [-0.3, -0.25) is 14.4 Å². The number of amides is 3. The second-order valence-electron chi connectivity index (χ2n) is 8.88. The minimum atomic E-state index is -0.316. The number of benzene rings is 3. The summed E-state index contributed by atoms with van der Waals surface area (Å²) in [7, 11) is 0. The van der Waals surface area contributed by atoms with Crippen LogP contribution in [0.4, 0.5) is 5.69 Å². The van der Waals surface area contributed by atoms with E-state index in [1.807, 2.05) is 48.5 Å². The summed E-state index contributed by atoms with van der Waals surface area (Å²) in [4.78, 5) is 40.1. The molecular formula is C30H27N3O4S. The lowest BCUT2D eigenvalue weighted by molar-refractivity contribution is -0.128. The fourth-order valence-corrected chi connectivity index (χ4v) is 5.50. The lowest BCUT2D eigenvalue weighted by Crippen LogP contribution is -2.27. The fraction of sp³-hybridized carbons (Fsp3) is 0.167. The van der Waals surface area contributed by atoms with Crippen LogP contribution < -0.4 is 10.6 Å². The van der Waals surface area contributed by atoms with Crippen molar-refractivity contribution in [2.75, 3.05) is 17.6 Å². The summed E-state index contributed by atoms with van der Waals surface area (Å²) < 4.78 is 5.42. The average Bonchev–Trinajstić information content (AvgIpc) is 3.60. The van der Waals surface area contributed by atoms with Gasteiger partial charge in [0.05, 0.1) is 29.8 Å². The number of anilines is 1. The maximum atomic E-state index is 13.0. The summed E-state index contributed by atoms with van der Waals surface area (Å²) in [5.74, 6) is 0.620. The predicted octanol–water partition coefficient (Wildman–Crippen LogP) is 5.28. The van der Waals surface area contributed by atoms with Crippen LogP contribution in [0.5, 0.6) is 0 Å². The van der Waals surface area contributed by atoms with E-state index in [1.165, 1.54) is 0 Å². The lowest BCUT2D eigenvalue weighted by atomic mass is 10.1. The molecule has 0 aliphatic carbocycles. The summed E-state index contributed by atoms with van der Waals surface area (Å²) in [6.45, 7) is 0.890. The third kappa shape index (κ3) is 5.98. The zero-order chi connectivity index (χ0) is 26.3. The van der Waals surface area contributed by atoms with E-state index in [4.69, 9.17) is 4.42 Å². The quantitative estimate of drug-likeness (QED) is 0.310. The minimum Gasteiger partial charge on any atom is -0.467 e. The topological polar surface area (TPSA) is 91.7 Å². The first-order valence-electron chi connectivity index (χ1n) is 12.3. The molecule has 8 heteroatoms. The van der Waals surface area contributed by atoms with E-state index in [0.717, 1.165) is 23.3 Å². The molecule has 0 spiro atoms. The van der Waals surface area contributed by atoms with E-state index < -0.39 is 0 Å². The molecule has 1 aromatic heterocycles. The number of nitrogens with one attached hydrogen (secondary N) is 2. The maximum Gasteiger partial charge on any atom is 0.255 e. The van der Waals surface area contributed by atoms with Crippen LogP contribution in [0.15, 0.2) is 102 Å². The number of carbonyl (C=O) groups excluding carboxylic acids is 3. The third-order valence-corrected chi connectivity index (χ3v) is 7.55. The van der Waals surface area contributed by atoms with E-state index in [9.17, 15) is 14.4 Å².